The molecule has 0 spiro atoms. The van der Waals surface area contributed by atoms with Gasteiger partial charge in [0.15, 0.2) is 0 Å². The highest BCUT2D eigenvalue weighted by Crippen LogP contribution is 2.52. The highest BCUT2D eigenvalue weighted by Gasteiger charge is 2.43. The van der Waals surface area contributed by atoms with E-state index in [1.54, 1.807) is 0 Å². The summed E-state index contributed by atoms with van der Waals surface area (Å²) in [6, 6.07) is 0. The van der Waals surface area contributed by atoms with Crippen LogP contribution in [0.15, 0.2) is 24.3 Å². The average Bonchev–Trinajstić information content (AvgIpc) is 2.82. The van der Waals surface area contributed by atoms with E-state index < -0.39 is 0 Å². The van der Waals surface area contributed by atoms with Gasteiger partial charge in [-0.15, -0.1) is 0 Å². The van der Waals surface area contributed by atoms with Crippen LogP contribution in [-0.4, -0.2) is 0 Å². The fraction of sp³-hybridized carbons (Fsp3) is 0.733. The Morgan fingerprint density at radius 1 is 0.800 bits per heavy atom. The Hall–Kier alpha value is -0.520. The first-order valence-electron chi connectivity index (χ1n) is 6.68. The van der Waals surface area contributed by atoms with Crippen molar-refractivity contribution < 1.29 is 0 Å². The Morgan fingerprint density at radius 3 is 1.60 bits per heavy atom. The van der Waals surface area contributed by atoms with Gasteiger partial charge in [-0.1, -0.05) is 38.2 Å². The van der Waals surface area contributed by atoms with Crippen LogP contribution in [0.4, 0.5) is 0 Å². The third kappa shape index (κ3) is 2.35. The van der Waals surface area contributed by atoms with Crippen LogP contribution in [0, 0.1) is 23.7 Å². The maximum atomic E-state index is 2.49. The van der Waals surface area contributed by atoms with Gasteiger partial charge in [0.25, 0.3) is 0 Å². The van der Waals surface area contributed by atoms with Crippen LogP contribution in [0.3, 0.4) is 0 Å². The van der Waals surface area contributed by atoms with Crippen molar-refractivity contribution >= 4 is 0 Å². The lowest BCUT2D eigenvalue weighted by Crippen LogP contribution is -2.14. The molecule has 0 saturated heterocycles. The minimum absolute atomic E-state index is 0.918. The molecule has 0 heteroatoms. The van der Waals surface area contributed by atoms with Crippen LogP contribution in [-0.2, 0) is 0 Å². The zero-order valence-electron chi connectivity index (χ0n) is 10.2. The van der Waals surface area contributed by atoms with E-state index in [1.165, 1.54) is 32.1 Å². The van der Waals surface area contributed by atoms with Gasteiger partial charge in [-0.3, -0.25) is 0 Å². The largest absolute Gasteiger partial charge is 0.0885 e. The molecule has 0 heterocycles. The molecule has 84 valence electrons. The van der Waals surface area contributed by atoms with E-state index in [0.717, 1.165) is 23.7 Å². The number of allylic oxidation sites excluding steroid dienone is 4. The molecule has 0 aromatic carbocycles. The van der Waals surface area contributed by atoms with Gasteiger partial charge in [-0.2, -0.15) is 0 Å². The fourth-order valence-corrected chi connectivity index (χ4v) is 3.46. The number of fused-ring (bicyclic) bond motifs is 2. The lowest BCUT2D eigenvalue weighted by Gasteiger charge is -2.23. The summed E-state index contributed by atoms with van der Waals surface area (Å²) >= 11 is 0. The molecule has 15 heavy (non-hydrogen) atoms. The lowest BCUT2D eigenvalue weighted by atomic mass is 9.81. The molecule has 2 bridgehead atoms. The molecule has 0 N–H and O–H groups in total. The second-order valence-corrected chi connectivity index (χ2v) is 5.23. The highest BCUT2D eigenvalue weighted by molar-refractivity contribution is 5.07. The van der Waals surface area contributed by atoms with E-state index in [0.29, 0.717) is 0 Å². The molecule has 0 aliphatic heterocycles. The zero-order chi connectivity index (χ0) is 10.7. The molecular weight excluding hydrogens is 180 g/mol. The summed E-state index contributed by atoms with van der Waals surface area (Å²) in [6.45, 7) is 4.47. The molecule has 2 fully saturated rings. The highest BCUT2D eigenvalue weighted by atomic mass is 14.5. The number of hydrogen-bond donors (Lipinski definition) is 0. The second-order valence-electron chi connectivity index (χ2n) is 5.23. The van der Waals surface area contributed by atoms with Gasteiger partial charge in [0.1, 0.15) is 0 Å². The molecule has 0 aromatic rings. The number of hydrogen-bond acceptors (Lipinski definition) is 0. The van der Waals surface area contributed by atoms with Gasteiger partial charge in [-0.25, -0.2) is 0 Å². The van der Waals surface area contributed by atoms with E-state index in [1.807, 2.05) is 0 Å². The summed E-state index contributed by atoms with van der Waals surface area (Å²) in [4.78, 5) is 0. The van der Waals surface area contributed by atoms with Gasteiger partial charge in [0, 0.05) is 0 Å². The van der Waals surface area contributed by atoms with Crippen LogP contribution in [0.1, 0.15) is 46.0 Å². The van der Waals surface area contributed by atoms with Gasteiger partial charge in [0.05, 0.1) is 0 Å². The Morgan fingerprint density at radius 2 is 1.27 bits per heavy atom. The SMILES string of the molecule is CCC=CC1CC2CC1CC2C=CCC. The first kappa shape index (κ1) is 11.0. The van der Waals surface area contributed by atoms with Crippen LogP contribution >= 0.6 is 0 Å². The third-order valence-electron chi connectivity index (χ3n) is 4.20. The van der Waals surface area contributed by atoms with Crippen molar-refractivity contribution in [3.8, 4) is 0 Å². The summed E-state index contributed by atoms with van der Waals surface area (Å²) in [7, 11) is 0. The molecule has 0 amide bonds. The van der Waals surface area contributed by atoms with Gasteiger partial charge < -0.3 is 0 Å². The lowest BCUT2D eigenvalue weighted by molar-refractivity contribution is 0.335. The molecule has 0 nitrogen and oxygen atoms in total. The first-order valence-corrected chi connectivity index (χ1v) is 6.68. The van der Waals surface area contributed by atoms with E-state index in [4.69, 9.17) is 0 Å². The standard InChI is InChI=1S/C15H24/c1-3-5-7-12-9-15-11-14(12)10-13(15)8-6-4-2/h5-8,12-15H,3-4,9-11H2,1-2H3. The Balaban J connectivity index is 1.88. The molecule has 2 aliphatic carbocycles. The molecule has 0 radical (unpaired) electrons. The normalized spacial score (nSPS) is 39.9. The smallest absolute Gasteiger partial charge is 0.0202 e. The molecule has 2 saturated carbocycles. The first-order chi connectivity index (χ1) is 7.35. The third-order valence-corrected chi connectivity index (χ3v) is 4.20. The van der Waals surface area contributed by atoms with Crippen LogP contribution < -0.4 is 0 Å². The Labute approximate surface area is 94.5 Å². The van der Waals surface area contributed by atoms with Crippen molar-refractivity contribution in [3.63, 3.8) is 0 Å². The van der Waals surface area contributed by atoms with Crippen molar-refractivity contribution in [1.82, 2.24) is 0 Å². The summed E-state index contributed by atoms with van der Waals surface area (Å²) in [6.07, 6.45) is 16.5. The topological polar surface area (TPSA) is 0 Å². The van der Waals surface area contributed by atoms with Gasteiger partial charge in [0.2, 0.25) is 0 Å². The summed E-state index contributed by atoms with van der Waals surface area (Å²) in [5.74, 6) is 3.84. The summed E-state index contributed by atoms with van der Waals surface area (Å²) in [5.41, 5.74) is 0. The Bertz CT molecular complexity index is 223. The van der Waals surface area contributed by atoms with Crippen molar-refractivity contribution in [3.05, 3.63) is 24.3 Å². The van der Waals surface area contributed by atoms with Crippen molar-refractivity contribution in [1.29, 1.82) is 0 Å². The average molecular weight is 204 g/mol. The summed E-state index contributed by atoms with van der Waals surface area (Å²) < 4.78 is 0. The van der Waals surface area contributed by atoms with Gasteiger partial charge in [-0.05, 0) is 55.8 Å². The molecule has 2 rings (SSSR count). The maximum absolute atomic E-state index is 2.49. The molecule has 0 aromatic heterocycles. The monoisotopic (exact) mass is 204 g/mol. The molecular formula is C15H24. The quantitative estimate of drug-likeness (QED) is 0.588. The van der Waals surface area contributed by atoms with Crippen LogP contribution in [0.5, 0.6) is 0 Å². The summed E-state index contributed by atoms with van der Waals surface area (Å²) in [5, 5.41) is 0. The fourth-order valence-electron chi connectivity index (χ4n) is 3.46. The van der Waals surface area contributed by atoms with Crippen LogP contribution in [0.25, 0.3) is 0 Å². The van der Waals surface area contributed by atoms with E-state index in [2.05, 4.69) is 38.2 Å². The molecule has 2 aliphatic rings. The van der Waals surface area contributed by atoms with E-state index in [-0.39, 0.29) is 0 Å². The van der Waals surface area contributed by atoms with E-state index in [9.17, 15) is 0 Å². The van der Waals surface area contributed by atoms with Gasteiger partial charge >= 0.3 is 0 Å². The number of rotatable bonds is 4. The predicted octanol–water partition coefficient (Wildman–Crippen LogP) is 4.58. The second kappa shape index (κ2) is 5.01. The minimum Gasteiger partial charge on any atom is -0.0885 e. The minimum atomic E-state index is 0.918. The van der Waals surface area contributed by atoms with Crippen LogP contribution in [0.2, 0.25) is 0 Å². The predicted molar refractivity (Wildman–Crippen MR) is 66.7 cm³/mol. The van der Waals surface area contributed by atoms with Crippen molar-refractivity contribution in [2.45, 2.75) is 46.0 Å². The zero-order valence-corrected chi connectivity index (χ0v) is 10.2. The van der Waals surface area contributed by atoms with E-state index >= 15 is 0 Å². The molecule has 4 atom stereocenters. The van der Waals surface area contributed by atoms with Crippen molar-refractivity contribution in [2.75, 3.05) is 0 Å². The molecule has 4 unspecified atom stereocenters. The van der Waals surface area contributed by atoms with Crippen molar-refractivity contribution in [2.24, 2.45) is 23.7 Å². The maximum Gasteiger partial charge on any atom is -0.0202 e. The Kier molecular flexibility index (Phi) is 3.66.